The van der Waals surface area contributed by atoms with E-state index in [4.69, 9.17) is 9.16 Å². The maximum Gasteiger partial charge on any atom is 0.303 e. The molecule has 0 bridgehead atoms. The van der Waals surface area contributed by atoms with E-state index in [0.29, 0.717) is 0 Å². The van der Waals surface area contributed by atoms with E-state index in [1.54, 1.807) is 12.1 Å². The van der Waals surface area contributed by atoms with Gasteiger partial charge in [-0.25, -0.2) is 13.1 Å². The number of hydrogen-bond acceptors (Lipinski definition) is 7. The van der Waals surface area contributed by atoms with Crippen molar-refractivity contribution < 1.29 is 32.3 Å². The number of aliphatic hydroxyl groups excluding tert-OH is 1. The zero-order valence-electron chi connectivity index (χ0n) is 33.0. The van der Waals surface area contributed by atoms with Crippen LogP contribution in [0.3, 0.4) is 0 Å². The van der Waals surface area contributed by atoms with Gasteiger partial charge in [0.05, 0.1) is 23.1 Å². The number of aryl methyl sites for hydroxylation is 1. The van der Waals surface area contributed by atoms with Gasteiger partial charge in [0.15, 0.2) is 6.10 Å². The van der Waals surface area contributed by atoms with Gasteiger partial charge in [0.2, 0.25) is 10.0 Å². The van der Waals surface area contributed by atoms with Crippen LogP contribution in [0.1, 0.15) is 50.8 Å². The Kier molecular flexibility index (Phi) is 14.6. The van der Waals surface area contributed by atoms with Gasteiger partial charge in [-0.15, -0.1) is 0 Å². The van der Waals surface area contributed by atoms with Crippen LogP contribution in [0.15, 0.2) is 157 Å². The summed E-state index contributed by atoms with van der Waals surface area (Å²) in [4.78, 5) is 26.9. The van der Waals surface area contributed by atoms with E-state index in [9.17, 15) is 23.1 Å². The smallest absolute Gasteiger partial charge is 0.303 e. The fourth-order valence-electron chi connectivity index (χ4n) is 6.94. The van der Waals surface area contributed by atoms with Gasteiger partial charge in [-0.3, -0.25) is 9.59 Å². The van der Waals surface area contributed by atoms with Crippen LogP contribution in [0.2, 0.25) is 5.04 Å². The molecule has 0 radical (unpaired) electrons. The second kappa shape index (κ2) is 19.3. The summed E-state index contributed by atoms with van der Waals surface area (Å²) in [6.07, 6.45) is -0.813. The van der Waals surface area contributed by atoms with Gasteiger partial charge in [-0.2, -0.15) is 0 Å². The highest BCUT2D eigenvalue weighted by Crippen LogP contribution is 2.39. The SMILES string of the molecule is CC(=O)O[C@H](C(=O)NCc1ccccc1)[C@H](NS(=O)(=O)c1ccc(C)cc1)[C@H](O)[C@H](C/C=C/c1ccccc1)O[Si](c1ccccc1)(c1ccccc1)C(C)(C)C. The van der Waals surface area contributed by atoms with Crippen LogP contribution >= 0.6 is 0 Å². The summed E-state index contributed by atoms with van der Waals surface area (Å²) in [7, 11) is -7.83. The third-order valence-electron chi connectivity index (χ3n) is 9.78. The normalized spacial score (nSPS) is 14.4. The van der Waals surface area contributed by atoms with E-state index in [2.05, 4.69) is 30.8 Å². The second-order valence-electron chi connectivity index (χ2n) is 15.1. The number of aliphatic hydroxyl groups is 1. The van der Waals surface area contributed by atoms with Crippen LogP contribution in [0.5, 0.6) is 0 Å². The fourth-order valence-corrected chi connectivity index (χ4v) is 12.9. The molecule has 0 spiro atoms. The lowest BCUT2D eigenvalue weighted by molar-refractivity contribution is -0.158. The van der Waals surface area contributed by atoms with E-state index in [1.165, 1.54) is 12.1 Å². The van der Waals surface area contributed by atoms with Crippen molar-refractivity contribution in [2.75, 3.05) is 0 Å². The van der Waals surface area contributed by atoms with E-state index >= 15 is 0 Å². The first-order valence-electron chi connectivity index (χ1n) is 19.0. The van der Waals surface area contributed by atoms with Crippen LogP contribution in [0.25, 0.3) is 6.08 Å². The molecule has 0 unspecified atom stereocenters. The first kappa shape index (κ1) is 43.0. The first-order valence-corrected chi connectivity index (χ1v) is 22.4. The van der Waals surface area contributed by atoms with Crippen molar-refractivity contribution in [3.05, 3.63) is 168 Å². The average molecular weight is 805 g/mol. The van der Waals surface area contributed by atoms with Gasteiger partial charge < -0.3 is 19.6 Å². The van der Waals surface area contributed by atoms with Crippen molar-refractivity contribution in [1.82, 2.24) is 10.0 Å². The molecule has 5 aromatic carbocycles. The van der Waals surface area contributed by atoms with E-state index in [1.807, 2.05) is 140 Å². The molecule has 5 rings (SSSR count). The van der Waals surface area contributed by atoms with Crippen LogP contribution in [0, 0.1) is 6.92 Å². The molecule has 0 saturated heterocycles. The molecule has 4 atom stereocenters. The van der Waals surface area contributed by atoms with Gasteiger partial charge in [0, 0.05) is 13.5 Å². The van der Waals surface area contributed by atoms with Crippen molar-refractivity contribution >= 4 is 46.7 Å². The molecule has 0 heterocycles. The molecule has 298 valence electrons. The highest BCUT2D eigenvalue weighted by atomic mass is 32.2. The number of sulfonamides is 1. The molecule has 0 aromatic heterocycles. The summed E-state index contributed by atoms with van der Waals surface area (Å²) >= 11 is 0. The lowest BCUT2D eigenvalue weighted by Gasteiger charge is -2.46. The molecule has 0 fully saturated rings. The Labute approximate surface area is 338 Å². The number of amides is 1. The fraction of sp³-hybridized carbons (Fsp3) is 0.261. The summed E-state index contributed by atoms with van der Waals surface area (Å²) in [6.45, 7) is 9.32. The number of carbonyl (C=O) groups excluding carboxylic acids is 2. The summed E-state index contributed by atoms with van der Waals surface area (Å²) in [5, 5.41) is 17.0. The Morgan fingerprint density at radius 2 is 1.28 bits per heavy atom. The molecule has 0 aliphatic heterocycles. The average Bonchev–Trinajstić information content (AvgIpc) is 3.20. The van der Waals surface area contributed by atoms with Crippen LogP contribution in [0.4, 0.5) is 0 Å². The maximum absolute atomic E-state index is 14.2. The van der Waals surface area contributed by atoms with Crippen LogP contribution < -0.4 is 20.4 Å². The Morgan fingerprint density at radius 3 is 1.79 bits per heavy atom. The van der Waals surface area contributed by atoms with Gasteiger partial charge in [-0.1, -0.05) is 172 Å². The topological polar surface area (TPSA) is 131 Å². The van der Waals surface area contributed by atoms with Crippen LogP contribution in [-0.2, 0) is 35.3 Å². The van der Waals surface area contributed by atoms with Crippen molar-refractivity contribution in [2.24, 2.45) is 0 Å². The van der Waals surface area contributed by atoms with Gasteiger partial charge >= 0.3 is 5.97 Å². The number of hydrogen-bond donors (Lipinski definition) is 3. The predicted octanol–water partition coefficient (Wildman–Crippen LogP) is 6.30. The van der Waals surface area contributed by atoms with Crippen molar-refractivity contribution in [2.45, 2.75) is 81.9 Å². The summed E-state index contributed by atoms with van der Waals surface area (Å²) in [5.41, 5.74) is 2.52. The molecule has 3 N–H and O–H groups in total. The van der Waals surface area contributed by atoms with Crippen LogP contribution in [-0.4, -0.2) is 58.1 Å². The molecular weight excluding hydrogens is 753 g/mol. The first-order chi connectivity index (χ1) is 27.2. The van der Waals surface area contributed by atoms with Gasteiger partial charge in [-0.05, 0) is 52.0 Å². The van der Waals surface area contributed by atoms with Gasteiger partial charge in [0.1, 0.15) is 0 Å². The summed E-state index contributed by atoms with van der Waals surface area (Å²) in [5.74, 6) is -1.64. The molecule has 0 aliphatic carbocycles. The quantitative estimate of drug-likeness (QED) is 0.0744. The highest BCUT2D eigenvalue weighted by Gasteiger charge is 2.53. The summed E-state index contributed by atoms with van der Waals surface area (Å²) < 4.78 is 44.2. The van der Waals surface area contributed by atoms with Crippen molar-refractivity contribution in [3.63, 3.8) is 0 Å². The zero-order valence-corrected chi connectivity index (χ0v) is 34.9. The molecular formula is C46H52N2O7SSi. The molecule has 57 heavy (non-hydrogen) atoms. The van der Waals surface area contributed by atoms with E-state index in [-0.39, 0.29) is 17.9 Å². The molecule has 11 heteroatoms. The Bertz CT molecular complexity index is 2140. The van der Waals surface area contributed by atoms with E-state index < -0.39 is 59.6 Å². The Balaban J connectivity index is 1.68. The Morgan fingerprint density at radius 1 is 0.772 bits per heavy atom. The summed E-state index contributed by atoms with van der Waals surface area (Å²) in [6, 6.07) is 43.0. The largest absolute Gasteiger partial charge is 0.451 e. The Hall–Kier alpha value is -5.17. The monoisotopic (exact) mass is 804 g/mol. The number of nitrogens with one attached hydrogen (secondary N) is 2. The minimum atomic E-state index is -4.42. The third-order valence-corrected chi connectivity index (χ3v) is 16.3. The second-order valence-corrected chi connectivity index (χ2v) is 21.0. The van der Waals surface area contributed by atoms with Crippen molar-refractivity contribution in [3.8, 4) is 0 Å². The van der Waals surface area contributed by atoms with E-state index in [0.717, 1.165) is 34.0 Å². The van der Waals surface area contributed by atoms with Crippen molar-refractivity contribution in [1.29, 1.82) is 0 Å². The number of esters is 1. The predicted molar refractivity (Wildman–Crippen MR) is 228 cm³/mol. The minimum absolute atomic E-state index is 0.0623. The highest BCUT2D eigenvalue weighted by molar-refractivity contribution is 7.89. The lowest BCUT2D eigenvalue weighted by Crippen LogP contribution is -2.70. The zero-order chi connectivity index (χ0) is 41.1. The standard InChI is InChI=1S/C46H52N2O7SSi/c1-34-29-31-38(32-30-34)56(52,53)48-42(44(54-35(2)49)45(51)47-33-37-21-12-7-13-22-37)43(50)41(28-18-23-36-19-10-6-11-20-36)55-57(46(3,4)5,39-24-14-8-15-25-39)40-26-16-9-17-27-40/h6-27,29-32,41-44,48,50H,28,33H2,1-5H3,(H,47,51)/b23-18+/t41-,42+,43+,44-/m0/s1. The van der Waals surface area contributed by atoms with Gasteiger partial charge in [0.25, 0.3) is 14.2 Å². The number of rotatable bonds is 17. The molecule has 5 aromatic rings. The number of carbonyl (C=O) groups is 2. The number of benzene rings is 5. The molecule has 1 amide bonds. The maximum atomic E-state index is 14.2. The molecule has 0 aliphatic rings. The third kappa shape index (κ3) is 11.0. The lowest BCUT2D eigenvalue weighted by atomic mass is 9.97. The number of ether oxygens (including phenoxy) is 1. The molecule has 9 nitrogen and oxygen atoms in total. The minimum Gasteiger partial charge on any atom is -0.451 e. The molecule has 0 saturated carbocycles.